The van der Waals surface area contributed by atoms with Crippen molar-refractivity contribution in [3.05, 3.63) is 53.6 Å². The summed E-state index contributed by atoms with van der Waals surface area (Å²) >= 11 is 0. The molecule has 0 radical (unpaired) electrons. The third kappa shape index (κ3) is 5.89. The van der Waals surface area contributed by atoms with Crippen LogP contribution in [0, 0.1) is 0 Å². The van der Waals surface area contributed by atoms with Crippen molar-refractivity contribution in [2.45, 2.75) is 57.4 Å². The van der Waals surface area contributed by atoms with Gasteiger partial charge in [-0.3, -0.25) is 19.3 Å². The van der Waals surface area contributed by atoms with Crippen molar-refractivity contribution in [2.24, 2.45) is 0 Å². The minimum Gasteiger partial charge on any atom is -0.493 e. The summed E-state index contributed by atoms with van der Waals surface area (Å²) in [6.07, 6.45) is 0.860. The molecule has 2 fully saturated rings. The summed E-state index contributed by atoms with van der Waals surface area (Å²) in [5.74, 6) is 0.815. The quantitative estimate of drug-likeness (QED) is 0.562. The molecule has 4 bridgehead atoms. The third-order valence-corrected chi connectivity index (χ3v) is 7.45. The van der Waals surface area contributed by atoms with Gasteiger partial charge in [0.05, 0.1) is 25.9 Å². The van der Waals surface area contributed by atoms with Crippen LogP contribution in [0.2, 0.25) is 0 Å². The van der Waals surface area contributed by atoms with Crippen molar-refractivity contribution >= 4 is 23.8 Å². The van der Waals surface area contributed by atoms with Crippen molar-refractivity contribution in [3.63, 3.8) is 0 Å². The summed E-state index contributed by atoms with van der Waals surface area (Å²) in [5, 5.41) is 5.65. The van der Waals surface area contributed by atoms with Gasteiger partial charge < -0.3 is 29.7 Å². The van der Waals surface area contributed by atoms with E-state index in [1.165, 1.54) is 0 Å². The fourth-order valence-corrected chi connectivity index (χ4v) is 5.21. The van der Waals surface area contributed by atoms with Crippen LogP contribution in [-0.4, -0.2) is 78.0 Å². The fourth-order valence-electron chi connectivity index (χ4n) is 5.21. The Labute approximate surface area is 232 Å². The smallest absolute Gasteiger partial charge is 0.325 e. The summed E-state index contributed by atoms with van der Waals surface area (Å²) in [6.45, 7) is 3.71. The van der Waals surface area contributed by atoms with Gasteiger partial charge in [-0.15, -0.1) is 0 Å². The molecule has 5 amide bonds. The number of fused-ring (bicyclic) bond motifs is 5. The maximum Gasteiger partial charge on any atom is 0.325 e. The molecule has 212 valence electrons. The number of nitrogens with zero attached hydrogens (tertiary/aromatic N) is 2. The maximum absolute atomic E-state index is 13.2. The number of rotatable bonds is 3. The summed E-state index contributed by atoms with van der Waals surface area (Å²) in [5.41, 5.74) is 0.761. The number of urea groups is 1. The van der Waals surface area contributed by atoms with Gasteiger partial charge in [-0.25, -0.2) is 4.79 Å². The molecule has 40 heavy (non-hydrogen) atoms. The maximum atomic E-state index is 13.2. The number of nitrogens with one attached hydrogen (secondary N) is 2. The Hall–Kier alpha value is -4.12. The summed E-state index contributed by atoms with van der Waals surface area (Å²) in [4.78, 5) is 53.6. The zero-order valence-corrected chi connectivity index (χ0v) is 22.9. The number of benzene rings is 2. The molecule has 3 aliphatic rings. The lowest BCUT2D eigenvalue weighted by atomic mass is 10.0. The Kier molecular flexibility index (Phi) is 7.66. The first-order valence-electron chi connectivity index (χ1n) is 13.4. The zero-order valence-electron chi connectivity index (χ0n) is 22.9. The highest BCUT2D eigenvalue weighted by molar-refractivity contribution is 6.08. The van der Waals surface area contributed by atoms with E-state index < -0.39 is 23.5 Å². The molecule has 0 aromatic heterocycles. The molecule has 3 heterocycles. The minimum atomic E-state index is -1.05. The number of carbonyl (C=O) groups excluding carboxylic acids is 4. The molecule has 0 aliphatic carbocycles. The van der Waals surface area contributed by atoms with Crippen LogP contribution in [0.15, 0.2) is 42.5 Å². The SMILES string of the molecule is COc1ccc2cc1Oc1cccc(c1)CO[C@@H]1CCN(C(=O)CN3C(=O)NC(C)(C)C3=O)C[C@@H]1NC(=O)CC2. The number of imide groups is 1. The molecule has 3 aliphatic heterocycles. The number of amides is 5. The van der Waals surface area contributed by atoms with Crippen molar-refractivity contribution in [3.8, 4) is 17.2 Å². The predicted molar refractivity (Wildman–Crippen MR) is 144 cm³/mol. The molecular formula is C29H34N4O7. The topological polar surface area (TPSA) is 127 Å². The lowest BCUT2D eigenvalue weighted by Gasteiger charge is -2.39. The highest BCUT2D eigenvalue weighted by atomic mass is 16.5. The fraction of sp³-hybridized carbons (Fsp3) is 0.448. The molecule has 5 rings (SSSR count). The minimum absolute atomic E-state index is 0.169. The van der Waals surface area contributed by atoms with Gasteiger partial charge >= 0.3 is 6.03 Å². The number of likely N-dealkylation sites (tertiary alicyclic amines) is 1. The van der Waals surface area contributed by atoms with Crippen molar-refractivity contribution in [2.75, 3.05) is 26.7 Å². The number of hydrogen-bond donors (Lipinski definition) is 2. The van der Waals surface area contributed by atoms with Gasteiger partial charge in [0.15, 0.2) is 11.5 Å². The van der Waals surface area contributed by atoms with E-state index in [-0.39, 0.29) is 44.0 Å². The molecule has 2 atom stereocenters. The van der Waals surface area contributed by atoms with Gasteiger partial charge in [-0.05, 0) is 62.1 Å². The van der Waals surface area contributed by atoms with Gasteiger partial charge in [0.1, 0.15) is 17.8 Å². The standard InChI is InChI=1S/C29H34N4O7/c1-29(2)27(36)33(28(37)31-29)16-26(35)32-12-11-22-21(15-32)30-25(34)10-8-18-7-9-23(38-3)24(14-18)40-20-6-4-5-19(13-20)17-39-22/h4-7,9,13-14,21-22H,8,10-12,15-17H2,1-3H3,(H,30,34)(H,31,37)/t21-,22+/m0/s1. The summed E-state index contributed by atoms with van der Waals surface area (Å²) in [7, 11) is 1.58. The van der Waals surface area contributed by atoms with Gasteiger partial charge in [0, 0.05) is 19.5 Å². The Balaban J connectivity index is 1.33. The first-order chi connectivity index (χ1) is 19.1. The van der Waals surface area contributed by atoms with E-state index in [1.807, 2.05) is 42.5 Å². The molecule has 11 heteroatoms. The van der Waals surface area contributed by atoms with E-state index in [9.17, 15) is 19.2 Å². The van der Waals surface area contributed by atoms with Crippen LogP contribution in [0.1, 0.15) is 37.8 Å². The van der Waals surface area contributed by atoms with Gasteiger partial charge in [0.25, 0.3) is 5.91 Å². The zero-order chi connectivity index (χ0) is 28.4. The Morgan fingerprint density at radius 3 is 2.67 bits per heavy atom. The normalized spacial score (nSPS) is 22.7. The van der Waals surface area contributed by atoms with Crippen LogP contribution < -0.4 is 20.1 Å². The molecule has 2 saturated heterocycles. The Bertz CT molecular complexity index is 1330. The molecule has 2 aromatic carbocycles. The van der Waals surface area contributed by atoms with Gasteiger partial charge in [-0.2, -0.15) is 0 Å². The van der Waals surface area contributed by atoms with E-state index in [0.29, 0.717) is 36.6 Å². The molecule has 0 unspecified atom stereocenters. The number of aryl methyl sites for hydroxylation is 1. The average Bonchev–Trinajstić information content (AvgIpc) is 3.12. The van der Waals surface area contributed by atoms with Crippen molar-refractivity contribution < 1.29 is 33.4 Å². The molecule has 2 aromatic rings. The summed E-state index contributed by atoms with van der Waals surface area (Å²) < 4.78 is 17.9. The highest BCUT2D eigenvalue weighted by Crippen LogP contribution is 2.33. The second-order valence-electron chi connectivity index (χ2n) is 10.8. The Morgan fingerprint density at radius 2 is 1.93 bits per heavy atom. The van der Waals surface area contributed by atoms with Gasteiger partial charge in [0.2, 0.25) is 11.8 Å². The van der Waals surface area contributed by atoms with E-state index in [4.69, 9.17) is 14.2 Å². The third-order valence-electron chi connectivity index (χ3n) is 7.45. The van der Waals surface area contributed by atoms with Crippen LogP contribution in [0.5, 0.6) is 17.2 Å². The predicted octanol–water partition coefficient (Wildman–Crippen LogP) is 2.37. The number of piperidine rings is 1. The first kappa shape index (κ1) is 27.4. The van der Waals surface area contributed by atoms with Crippen molar-refractivity contribution in [1.82, 2.24) is 20.4 Å². The molecule has 0 spiro atoms. The number of carbonyl (C=O) groups is 4. The van der Waals surface area contributed by atoms with Crippen LogP contribution in [0.3, 0.4) is 0 Å². The van der Waals surface area contributed by atoms with Crippen LogP contribution in [0.25, 0.3) is 0 Å². The molecule has 2 N–H and O–H groups in total. The summed E-state index contributed by atoms with van der Waals surface area (Å²) in [6, 6.07) is 12.1. The van der Waals surface area contributed by atoms with Gasteiger partial charge in [-0.1, -0.05) is 18.2 Å². The second-order valence-corrected chi connectivity index (χ2v) is 10.8. The largest absolute Gasteiger partial charge is 0.493 e. The molecule has 0 saturated carbocycles. The average molecular weight is 551 g/mol. The van der Waals surface area contributed by atoms with Crippen LogP contribution in [0.4, 0.5) is 4.79 Å². The monoisotopic (exact) mass is 550 g/mol. The van der Waals surface area contributed by atoms with E-state index in [1.54, 1.807) is 25.9 Å². The number of hydrogen-bond acceptors (Lipinski definition) is 7. The van der Waals surface area contributed by atoms with E-state index >= 15 is 0 Å². The molecule has 11 nitrogen and oxygen atoms in total. The lowest BCUT2D eigenvalue weighted by Crippen LogP contribution is -2.58. The van der Waals surface area contributed by atoms with E-state index in [2.05, 4.69) is 10.6 Å². The lowest BCUT2D eigenvalue weighted by molar-refractivity contribution is -0.141. The van der Waals surface area contributed by atoms with E-state index in [0.717, 1.165) is 16.0 Å². The van der Waals surface area contributed by atoms with Crippen molar-refractivity contribution in [1.29, 1.82) is 0 Å². The van der Waals surface area contributed by atoms with Crippen LogP contribution in [-0.2, 0) is 32.1 Å². The van der Waals surface area contributed by atoms with Crippen LogP contribution >= 0.6 is 0 Å². The highest BCUT2D eigenvalue weighted by Gasteiger charge is 2.45. The first-order valence-corrected chi connectivity index (χ1v) is 13.4. The molecular weight excluding hydrogens is 516 g/mol. The number of ether oxygens (including phenoxy) is 3. The Morgan fingerprint density at radius 1 is 1.10 bits per heavy atom. The number of methoxy groups -OCH3 is 1. The second kappa shape index (κ2) is 11.2.